The highest BCUT2D eigenvalue weighted by Gasteiger charge is 2.22. The van der Waals surface area contributed by atoms with E-state index in [0.717, 1.165) is 17.5 Å². The van der Waals surface area contributed by atoms with Gasteiger partial charge in [0.15, 0.2) is 0 Å². The van der Waals surface area contributed by atoms with Crippen LogP contribution in [-0.2, 0) is 6.42 Å². The third-order valence-corrected chi connectivity index (χ3v) is 3.22. The van der Waals surface area contributed by atoms with E-state index in [4.69, 9.17) is 5.26 Å². The van der Waals surface area contributed by atoms with Gasteiger partial charge in [-0.2, -0.15) is 10.5 Å². The fraction of sp³-hybridized carbons (Fsp3) is 0.0667. The highest BCUT2D eigenvalue weighted by Crippen LogP contribution is 2.38. The molecule has 1 aliphatic carbocycles. The van der Waals surface area contributed by atoms with Crippen molar-refractivity contribution in [1.82, 2.24) is 0 Å². The number of nitriles is 2. The van der Waals surface area contributed by atoms with Gasteiger partial charge in [-0.05, 0) is 28.3 Å². The van der Waals surface area contributed by atoms with E-state index < -0.39 is 0 Å². The highest BCUT2D eigenvalue weighted by atomic mass is 14.3. The lowest BCUT2D eigenvalue weighted by molar-refractivity contribution is 1.24. The molecule has 0 radical (unpaired) electrons. The molecule has 0 heterocycles. The maximum absolute atomic E-state index is 9.19. The van der Waals surface area contributed by atoms with Crippen LogP contribution < -0.4 is 0 Å². The van der Waals surface area contributed by atoms with Gasteiger partial charge < -0.3 is 0 Å². The van der Waals surface area contributed by atoms with Crippen molar-refractivity contribution < 1.29 is 0 Å². The zero-order valence-electron chi connectivity index (χ0n) is 9.07. The number of nitrogens with zero attached hydrogens (tertiary/aromatic N) is 2. The van der Waals surface area contributed by atoms with Crippen molar-refractivity contribution in [1.29, 1.82) is 10.5 Å². The molecule has 0 unspecified atom stereocenters. The van der Waals surface area contributed by atoms with Gasteiger partial charge in [0.1, 0.15) is 12.1 Å². The van der Waals surface area contributed by atoms with Crippen LogP contribution in [0.3, 0.4) is 0 Å². The molecule has 2 nitrogen and oxygen atoms in total. The van der Waals surface area contributed by atoms with E-state index in [1.54, 1.807) is 6.07 Å². The molecule has 0 N–H and O–H groups in total. The standard InChI is InChI=1S/C15H8N2/c16-8-11-5-6-13-12-4-2-1-3-10(12)7-14(13)15(11)9-17/h1-6H,7H2. The average Bonchev–Trinajstić information content (AvgIpc) is 2.75. The Balaban J connectivity index is 2.33. The van der Waals surface area contributed by atoms with Crippen molar-refractivity contribution in [2.45, 2.75) is 6.42 Å². The molecular formula is C15H8N2. The van der Waals surface area contributed by atoms with E-state index in [1.807, 2.05) is 18.2 Å². The van der Waals surface area contributed by atoms with Crippen LogP contribution in [0.5, 0.6) is 0 Å². The van der Waals surface area contributed by atoms with Crippen LogP contribution in [0, 0.1) is 22.7 Å². The lowest BCUT2D eigenvalue weighted by Crippen LogP contribution is -1.92. The molecular weight excluding hydrogens is 208 g/mol. The van der Waals surface area contributed by atoms with Gasteiger partial charge in [0, 0.05) is 6.42 Å². The summed E-state index contributed by atoms with van der Waals surface area (Å²) in [7, 11) is 0. The van der Waals surface area contributed by atoms with Crippen molar-refractivity contribution in [3.05, 3.63) is 58.7 Å². The SMILES string of the molecule is N#Cc1ccc2c(c1C#N)Cc1ccccc1-2. The Hall–Kier alpha value is -2.58. The minimum Gasteiger partial charge on any atom is -0.192 e. The predicted molar refractivity (Wildman–Crippen MR) is 64.1 cm³/mol. The first-order valence-corrected chi connectivity index (χ1v) is 5.39. The molecule has 3 rings (SSSR count). The fourth-order valence-electron chi connectivity index (χ4n) is 2.43. The van der Waals surface area contributed by atoms with Gasteiger partial charge in [0.2, 0.25) is 0 Å². The average molecular weight is 216 g/mol. The number of benzene rings is 2. The number of rotatable bonds is 0. The van der Waals surface area contributed by atoms with Gasteiger partial charge in [-0.15, -0.1) is 0 Å². The summed E-state index contributed by atoms with van der Waals surface area (Å²) >= 11 is 0. The Morgan fingerprint density at radius 3 is 2.47 bits per heavy atom. The quantitative estimate of drug-likeness (QED) is 0.580. The van der Waals surface area contributed by atoms with Crippen LogP contribution in [0.15, 0.2) is 36.4 Å². The smallest absolute Gasteiger partial charge is 0.101 e. The Morgan fingerprint density at radius 2 is 1.71 bits per heavy atom. The first-order chi connectivity index (χ1) is 8.35. The van der Waals surface area contributed by atoms with Crippen molar-refractivity contribution in [3.63, 3.8) is 0 Å². The predicted octanol–water partition coefficient (Wildman–Crippen LogP) is 3.00. The van der Waals surface area contributed by atoms with E-state index in [2.05, 4.69) is 24.3 Å². The maximum atomic E-state index is 9.19. The largest absolute Gasteiger partial charge is 0.192 e. The van der Waals surface area contributed by atoms with Crippen molar-refractivity contribution in [2.24, 2.45) is 0 Å². The monoisotopic (exact) mass is 216 g/mol. The molecule has 0 aliphatic heterocycles. The lowest BCUT2D eigenvalue weighted by atomic mass is 9.97. The zero-order valence-corrected chi connectivity index (χ0v) is 9.07. The molecule has 2 heteroatoms. The second-order valence-corrected chi connectivity index (χ2v) is 4.07. The van der Waals surface area contributed by atoms with Gasteiger partial charge in [-0.25, -0.2) is 0 Å². The number of hydrogen-bond donors (Lipinski definition) is 0. The molecule has 0 fully saturated rings. The van der Waals surface area contributed by atoms with E-state index >= 15 is 0 Å². The van der Waals surface area contributed by atoms with Crippen LogP contribution in [0.25, 0.3) is 11.1 Å². The zero-order chi connectivity index (χ0) is 11.8. The van der Waals surface area contributed by atoms with Gasteiger partial charge in [0.05, 0.1) is 11.1 Å². The lowest BCUT2D eigenvalue weighted by Gasteiger charge is -2.03. The Kier molecular flexibility index (Phi) is 1.97. The van der Waals surface area contributed by atoms with Crippen molar-refractivity contribution in [2.75, 3.05) is 0 Å². The summed E-state index contributed by atoms with van der Waals surface area (Å²) in [6, 6.07) is 16.1. The highest BCUT2D eigenvalue weighted by molar-refractivity contribution is 5.80. The van der Waals surface area contributed by atoms with Gasteiger partial charge in [0.25, 0.3) is 0 Å². The number of fused-ring (bicyclic) bond motifs is 3. The molecule has 0 saturated heterocycles. The topological polar surface area (TPSA) is 47.6 Å². The van der Waals surface area contributed by atoms with E-state index in [1.165, 1.54) is 11.1 Å². The minimum absolute atomic E-state index is 0.471. The van der Waals surface area contributed by atoms with E-state index in [-0.39, 0.29) is 0 Å². The van der Waals surface area contributed by atoms with Gasteiger partial charge >= 0.3 is 0 Å². The molecule has 1 aliphatic rings. The summed E-state index contributed by atoms with van der Waals surface area (Å²) in [4.78, 5) is 0. The molecule has 0 aromatic heterocycles. The first kappa shape index (κ1) is 9.63. The van der Waals surface area contributed by atoms with Crippen LogP contribution >= 0.6 is 0 Å². The minimum atomic E-state index is 0.471. The van der Waals surface area contributed by atoms with Crippen molar-refractivity contribution in [3.8, 4) is 23.3 Å². The summed E-state index contributed by atoms with van der Waals surface area (Å²) < 4.78 is 0. The normalized spacial score (nSPS) is 11.2. The number of hydrogen-bond acceptors (Lipinski definition) is 2. The second kappa shape index (κ2) is 3.47. The Morgan fingerprint density at radius 1 is 0.882 bits per heavy atom. The van der Waals surface area contributed by atoms with Crippen LogP contribution in [0.1, 0.15) is 22.3 Å². The molecule has 0 spiro atoms. The summed E-state index contributed by atoms with van der Waals surface area (Å²) in [5.41, 5.74) is 5.50. The molecule has 0 amide bonds. The van der Waals surface area contributed by atoms with Gasteiger partial charge in [-0.3, -0.25) is 0 Å². The molecule has 2 aromatic rings. The first-order valence-electron chi connectivity index (χ1n) is 5.39. The maximum Gasteiger partial charge on any atom is 0.101 e. The van der Waals surface area contributed by atoms with Crippen LogP contribution in [0.2, 0.25) is 0 Å². The third-order valence-electron chi connectivity index (χ3n) is 3.22. The summed E-state index contributed by atoms with van der Waals surface area (Å²) in [6.07, 6.45) is 0.754. The Bertz CT molecular complexity index is 700. The molecule has 0 bridgehead atoms. The Labute approximate surface area is 99.4 Å². The van der Waals surface area contributed by atoms with E-state index in [0.29, 0.717) is 11.1 Å². The third kappa shape index (κ3) is 1.25. The molecule has 17 heavy (non-hydrogen) atoms. The second-order valence-electron chi connectivity index (χ2n) is 4.07. The summed E-state index contributed by atoms with van der Waals surface area (Å²) in [5.74, 6) is 0. The molecule has 0 saturated carbocycles. The van der Waals surface area contributed by atoms with Crippen LogP contribution in [-0.4, -0.2) is 0 Å². The van der Waals surface area contributed by atoms with E-state index in [9.17, 15) is 5.26 Å². The molecule has 0 atom stereocenters. The molecule has 2 aromatic carbocycles. The summed E-state index contributed by atoms with van der Waals surface area (Å²) in [6.45, 7) is 0. The molecule has 78 valence electrons. The van der Waals surface area contributed by atoms with Gasteiger partial charge in [-0.1, -0.05) is 30.3 Å². The summed E-state index contributed by atoms with van der Waals surface area (Å²) in [5, 5.41) is 18.2. The fourth-order valence-corrected chi connectivity index (χ4v) is 2.43. The van der Waals surface area contributed by atoms with Crippen molar-refractivity contribution >= 4 is 0 Å². The van der Waals surface area contributed by atoms with Crippen LogP contribution in [0.4, 0.5) is 0 Å².